The highest BCUT2D eigenvalue weighted by Crippen LogP contribution is 2.49. The van der Waals surface area contributed by atoms with Crippen molar-refractivity contribution in [1.82, 2.24) is 10.6 Å². The summed E-state index contributed by atoms with van der Waals surface area (Å²) in [5.41, 5.74) is 0. The van der Waals surface area contributed by atoms with Gasteiger partial charge in [0.1, 0.15) is 0 Å². The van der Waals surface area contributed by atoms with E-state index in [1.807, 2.05) is 0 Å². The van der Waals surface area contributed by atoms with E-state index in [4.69, 9.17) is 0 Å². The molecule has 0 aromatic carbocycles. The SMILES string of the molecule is C1CCC(C2CCCCC2NCC(C2CC2)C2CC2)NC1. The molecule has 2 heteroatoms. The Morgan fingerprint density at radius 1 is 0.810 bits per heavy atom. The fourth-order valence-electron chi connectivity index (χ4n) is 5.19. The van der Waals surface area contributed by atoms with Crippen LogP contribution in [0.15, 0.2) is 0 Å². The van der Waals surface area contributed by atoms with Gasteiger partial charge in [0.2, 0.25) is 0 Å². The van der Waals surface area contributed by atoms with Gasteiger partial charge in [-0.2, -0.15) is 0 Å². The smallest absolute Gasteiger partial charge is 0.0110 e. The molecule has 0 radical (unpaired) electrons. The van der Waals surface area contributed by atoms with Gasteiger partial charge in [-0.15, -0.1) is 0 Å². The Kier molecular flexibility index (Phi) is 4.55. The molecule has 4 fully saturated rings. The van der Waals surface area contributed by atoms with Crippen molar-refractivity contribution in [3.63, 3.8) is 0 Å². The van der Waals surface area contributed by atoms with E-state index in [1.54, 1.807) is 0 Å². The summed E-state index contributed by atoms with van der Waals surface area (Å²) in [6.45, 7) is 2.60. The van der Waals surface area contributed by atoms with Gasteiger partial charge < -0.3 is 10.6 Å². The number of rotatable bonds is 6. The van der Waals surface area contributed by atoms with Crippen molar-refractivity contribution in [2.45, 2.75) is 82.7 Å². The quantitative estimate of drug-likeness (QED) is 0.779. The Morgan fingerprint density at radius 2 is 1.52 bits per heavy atom. The first kappa shape index (κ1) is 14.5. The molecule has 0 aromatic heterocycles. The van der Waals surface area contributed by atoms with E-state index in [1.165, 1.54) is 83.7 Å². The number of hydrogen-bond donors (Lipinski definition) is 2. The molecular formula is C19H34N2. The highest BCUT2D eigenvalue weighted by atomic mass is 15.0. The third-order valence-electron chi connectivity index (χ3n) is 6.76. The minimum absolute atomic E-state index is 0.814. The molecule has 4 rings (SSSR count). The van der Waals surface area contributed by atoms with Gasteiger partial charge in [-0.1, -0.05) is 19.3 Å². The zero-order valence-corrected chi connectivity index (χ0v) is 13.7. The second kappa shape index (κ2) is 6.58. The van der Waals surface area contributed by atoms with E-state index < -0.39 is 0 Å². The van der Waals surface area contributed by atoms with Crippen molar-refractivity contribution < 1.29 is 0 Å². The molecule has 0 aromatic rings. The van der Waals surface area contributed by atoms with Crippen LogP contribution in [0.1, 0.15) is 70.6 Å². The Bertz CT molecular complexity index is 316. The van der Waals surface area contributed by atoms with Crippen LogP contribution in [0.25, 0.3) is 0 Å². The molecule has 1 saturated heterocycles. The molecule has 0 spiro atoms. The largest absolute Gasteiger partial charge is 0.314 e. The molecule has 3 unspecified atom stereocenters. The lowest BCUT2D eigenvalue weighted by molar-refractivity contribution is 0.174. The highest BCUT2D eigenvalue weighted by Gasteiger charge is 2.42. The first-order valence-corrected chi connectivity index (χ1v) is 9.88. The zero-order valence-electron chi connectivity index (χ0n) is 13.7. The van der Waals surface area contributed by atoms with E-state index in [9.17, 15) is 0 Å². The van der Waals surface area contributed by atoms with Gasteiger partial charge in [0, 0.05) is 12.1 Å². The van der Waals surface area contributed by atoms with Crippen LogP contribution in [0.3, 0.4) is 0 Å². The lowest BCUT2D eigenvalue weighted by atomic mass is 9.77. The summed E-state index contributed by atoms with van der Waals surface area (Å²) in [7, 11) is 0. The maximum Gasteiger partial charge on any atom is 0.0110 e. The molecule has 3 saturated carbocycles. The molecule has 3 aliphatic carbocycles. The second-order valence-corrected chi connectivity index (χ2v) is 8.36. The van der Waals surface area contributed by atoms with Crippen LogP contribution in [-0.2, 0) is 0 Å². The standard InChI is InChI=1S/C19H34N2/c1-2-6-19(16(5-1)18-7-3-4-12-20-18)21-13-17(14-8-9-14)15-10-11-15/h14-21H,1-13H2. The lowest BCUT2D eigenvalue weighted by Gasteiger charge is -2.40. The first-order valence-electron chi connectivity index (χ1n) is 9.88. The lowest BCUT2D eigenvalue weighted by Crippen LogP contribution is -2.51. The minimum atomic E-state index is 0.814. The van der Waals surface area contributed by atoms with Crippen molar-refractivity contribution in [2.24, 2.45) is 23.7 Å². The molecule has 1 heterocycles. The van der Waals surface area contributed by atoms with E-state index in [2.05, 4.69) is 10.6 Å². The van der Waals surface area contributed by atoms with Crippen LogP contribution in [0, 0.1) is 23.7 Å². The summed E-state index contributed by atoms with van der Waals surface area (Å²) < 4.78 is 0. The van der Waals surface area contributed by atoms with Crippen molar-refractivity contribution in [3.05, 3.63) is 0 Å². The Balaban J connectivity index is 1.32. The van der Waals surface area contributed by atoms with Gasteiger partial charge >= 0.3 is 0 Å². The maximum atomic E-state index is 4.07. The molecule has 120 valence electrons. The van der Waals surface area contributed by atoms with E-state index in [0.29, 0.717) is 0 Å². The van der Waals surface area contributed by atoms with Crippen molar-refractivity contribution in [1.29, 1.82) is 0 Å². The van der Waals surface area contributed by atoms with Crippen LogP contribution in [0.2, 0.25) is 0 Å². The summed E-state index contributed by atoms with van der Waals surface area (Å²) in [4.78, 5) is 0. The third-order valence-corrected chi connectivity index (χ3v) is 6.76. The van der Waals surface area contributed by atoms with Gasteiger partial charge in [-0.05, 0) is 88.1 Å². The van der Waals surface area contributed by atoms with Gasteiger partial charge in [0.05, 0.1) is 0 Å². The zero-order chi connectivity index (χ0) is 14.1. The second-order valence-electron chi connectivity index (χ2n) is 8.36. The molecule has 3 atom stereocenters. The summed E-state index contributed by atoms with van der Waals surface area (Å²) in [5.74, 6) is 4.14. The van der Waals surface area contributed by atoms with Crippen molar-refractivity contribution in [3.8, 4) is 0 Å². The molecule has 21 heavy (non-hydrogen) atoms. The van der Waals surface area contributed by atoms with Gasteiger partial charge in [0.15, 0.2) is 0 Å². The average Bonchev–Trinajstić information content (AvgIpc) is 3.42. The molecule has 2 N–H and O–H groups in total. The molecule has 2 nitrogen and oxygen atoms in total. The summed E-state index contributed by atoms with van der Waals surface area (Å²) in [6, 6.07) is 1.63. The third kappa shape index (κ3) is 3.64. The summed E-state index contributed by atoms with van der Waals surface area (Å²) in [6.07, 6.45) is 16.2. The summed E-state index contributed by atoms with van der Waals surface area (Å²) in [5, 5.41) is 7.91. The predicted molar refractivity (Wildman–Crippen MR) is 88.3 cm³/mol. The normalized spacial score (nSPS) is 37.9. The van der Waals surface area contributed by atoms with E-state index in [0.717, 1.165) is 35.8 Å². The topological polar surface area (TPSA) is 24.1 Å². The van der Waals surface area contributed by atoms with Gasteiger partial charge in [-0.3, -0.25) is 0 Å². The molecule has 0 amide bonds. The van der Waals surface area contributed by atoms with Crippen LogP contribution in [-0.4, -0.2) is 25.2 Å². The molecule has 1 aliphatic heterocycles. The number of hydrogen-bond acceptors (Lipinski definition) is 2. The Morgan fingerprint density at radius 3 is 2.19 bits per heavy atom. The first-order chi connectivity index (χ1) is 10.4. The van der Waals surface area contributed by atoms with E-state index >= 15 is 0 Å². The van der Waals surface area contributed by atoms with Crippen LogP contribution >= 0.6 is 0 Å². The van der Waals surface area contributed by atoms with Gasteiger partial charge in [0.25, 0.3) is 0 Å². The van der Waals surface area contributed by atoms with Gasteiger partial charge in [-0.25, -0.2) is 0 Å². The molecule has 0 bridgehead atoms. The van der Waals surface area contributed by atoms with Crippen LogP contribution in [0.5, 0.6) is 0 Å². The average molecular weight is 290 g/mol. The number of piperidine rings is 1. The molecule has 4 aliphatic rings. The maximum absolute atomic E-state index is 4.07. The van der Waals surface area contributed by atoms with Crippen molar-refractivity contribution in [2.75, 3.05) is 13.1 Å². The molecular weight excluding hydrogens is 256 g/mol. The highest BCUT2D eigenvalue weighted by molar-refractivity contribution is 4.95. The number of nitrogens with one attached hydrogen (secondary N) is 2. The van der Waals surface area contributed by atoms with Crippen molar-refractivity contribution >= 4 is 0 Å². The fourth-order valence-corrected chi connectivity index (χ4v) is 5.19. The fraction of sp³-hybridized carbons (Fsp3) is 1.00. The minimum Gasteiger partial charge on any atom is -0.314 e. The monoisotopic (exact) mass is 290 g/mol. The van der Waals surface area contributed by atoms with Crippen LogP contribution < -0.4 is 10.6 Å². The Hall–Kier alpha value is -0.0800. The summed E-state index contributed by atoms with van der Waals surface area (Å²) >= 11 is 0. The van der Waals surface area contributed by atoms with Crippen LogP contribution in [0.4, 0.5) is 0 Å². The Labute approximate surface area is 130 Å². The predicted octanol–water partition coefficient (Wildman–Crippen LogP) is 3.71. The van der Waals surface area contributed by atoms with E-state index in [-0.39, 0.29) is 0 Å².